The van der Waals surface area contributed by atoms with Crippen LogP contribution in [0.2, 0.25) is 0 Å². The molecule has 4 rings (SSSR count). The molecule has 0 atom stereocenters. The summed E-state index contributed by atoms with van der Waals surface area (Å²) in [5, 5.41) is 23.5. The lowest BCUT2D eigenvalue weighted by atomic mass is 10.0. The maximum Gasteiger partial charge on any atom is 0.408 e. The van der Waals surface area contributed by atoms with Crippen LogP contribution in [0.5, 0.6) is 0 Å². The summed E-state index contributed by atoms with van der Waals surface area (Å²) in [5.41, 5.74) is 7.03. The summed E-state index contributed by atoms with van der Waals surface area (Å²) < 4.78 is 3.96. The van der Waals surface area contributed by atoms with E-state index in [0.29, 0.717) is 0 Å². The van der Waals surface area contributed by atoms with Gasteiger partial charge in [-0.15, -0.1) is 0 Å². The van der Waals surface area contributed by atoms with Crippen LogP contribution in [0.25, 0.3) is 0 Å². The molecule has 0 aliphatic rings. The highest BCUT2D eigenvalue weighted by Crippen LogP contribution is 2.25. The molecule has 2 aromatic heterocycles. The van der Waals surface area contributed by atoms with Crippen molar-refractivity contribution in [2.45, 2.75) is 58.8 Å². The van der Waals surface area contributed by atoms with Gasteiger partial charge in [0.15, 0.2) is 0 Å². The number of hydrogen-bond acceptors (Lipinski definition) is 6. The summed E-state index contributed by atoms with van der Waals surface area (Å²) in [6, 6.07) is 13.1. The second-order valence-electron chi connectivity index (χ2n) is 9.50. The third-order valence-electron chi connectivity index (χ3n) is 6.46. The van der Waals surface area contributed by atoms with Crippen LogP contribution < -0.4 is 9.13 Å². The number of rotatable bonds is 12. The van der Waals surface area contributed by atoms with Crippen molar-refractivity contribution in [3.8, 4) is 0 Å². The smallest absolute Gasteiger partial charge is 0.222 e. The minimum absolute atomic E-state index is 0.904. The Morgan fingerprint density at radius 2 is 1.03 bits per heavy atom. The zero-order valence-corrected chi connectivity index (χ0v) is 23.9. The Morgan fingerprint density at radius 3 is 1.41 bits per heavy atom. The Hall–Kier alpha value is -3.10. The summed E-state index contributed by atoms with van der Waals surface area (Å²) in [6.07, 6.45) is 12.5. The number of benzene rings is 2. The van der Waals surface area contributed by atoms with E-state index in [4.69, 9.17) is 0 Å². The largest absolute Gasteiger partial charge is 0.408 e. The van der Waals surface area contributed by atoms with Crippen LogP contribution in [-0.4, -0.2) is 0 Å². The first-order valence-corrected chi connectivity index (χ1v) is 14.6. The Labute approximate surface area is 228 Å². The highest BCUT2D eigenvalue weighted by molar-refractivity contribution is 7.13. The third-order valence-corrected chi connectivity index (χ3v) is 8.14. The lowest BCUT2D eigenvalue weighted by molar-refractivity contribution is -0.654. The van der Waals surface area contributed by atoms with Crippen molar-refractivity contribution in [3.63, 3.8) is 0 Å². The van der Waals surface area contributed by atoms with E-state index >= 15 is 0 Å². The van der Waals surface area contributed by atoms with Crippen molar-refractivity contribution < 1.29 is 9.13 Å². The molecule has 0 aliphatic heterocycles. The van der Waals surface area contributed by atoms with Gasteiger partial charge in [0.05, 0.1) is 24.3 Å². The van der Waals surface area contributed by atoms with Crippen LogP contribution in [0.3, 0.4) is 0 Å². The van der Waals surface area contributed by atoms with Gasteiger partial charge in [-0.25, -0.2) is 9.13 Å². The summed E-state index contributed by atoms with van der Waals surface area (Å²) in [5.74, 6) is 0. The zero-order valence-electron chi connectivity index (χ0n) is 22.2. The van der Waals surface area contributed by atoms with Gasteiger partial charge in [0.1, 0.15) is 23.8 Å². The van der Waals surface area contributed by atoms with Gasteiger partial charge in [0.25, 0.3) is 0 Å². The molecule has 0 spiro atoms. The van der Waals surface area contributed by atoms with E-state index in [2.05, 4.69) is 70.7 Å². The van der Waals surface area contributed by atoms with Crippen LogP contribution in [-0.2, 0) is 26.9 Å². The molecule has 192 valence electrons. The molecule has 4 aromatic rings. The molecular formula is C29H36N6S2+2. The van der Waals surface area contributed by atoms with Crippen LogP contribution in [0.4, 0.5) is 21.6 Å². The number of azo groups is 2. The predicted octanol–water partition coefficient (Wildman–Crippen LogP) is 8.64. The molecule has 0 amide bonds. The Balaban J connectivity index is 1.14. The standard InChI is InChI=1S/C29H36N6S2/c1-22-20-24(12-14-26(22)30-32-28-34(3)16-18-36-28)10-8-6-5-7-9-11-25-13-15-27(23(2)21-25)31-33-29-35(4)17-19-37-29/h12-21H,5-11H2,1-4H3/q+2. The number of nitrogens with zero attached hydrogens (tertiary/aromatic N) is 6. The first kappa shape index (κ1) is 26.9. The van der Waals surface area contributed by atoms with E-state index in [1.54, 1.807) is 22.7 Å². The fourth-order valence-corrected chi connectivity index (χ4v) is 5.56. The molecule has 0 saturated carbocycles. The van der Waals surface area contributed by atoms with Crippen molar-refractivity contribution >= 4 is 44.3 Å². The van der Waals surface area contributed by atoms with Crippen LogP contribution >= 0.6 is 22.7 Å². The summed E-state index contributed by atoms with van der Waals surface area (Å²) in [4.78, 5) is 0. The van der Waals surface area contributed by atoms with Crippen LogP contribution in [0.1, 0.15) is 54.4 Å². The highest BCUT2D eigenvalue weighted by atomic mass is 32.1. The Morgan fingerprint density at radius 1 is 0.595 bits per heavy atom. The Bertz CT molecular complexity index is 1260. The second-order valence-corrected chi connectivity index (χ2v) is 11.2. The number of thiazole rings is 2. The number of aryl methyl sites for hydroxylation is 6. The number of aromatic nitrogens is 2. The molecule has 0 N–H and O–H groups in total. The molecule has 0 bridgehead atoms. The van der Waals surface area contributed by atoms with E-state index in [9.17, 15) is 0 Å². The van der Waals surface area contributed by atoms with Crippen molar-refractivity contribution in [2.75, 3.05) is 0 Å². The number of hydrogen-bond donors (Lipinski definition) is 0. The minimum atomic E-state index is 0.904. The molecular weight excluding hydrogens is 496 g/mol. The topological polar surface area (TPSA) is 57.2 Å². The van der Waals surface area contributed by atoms with Crippen molar-refractivity contribution in [1.29, 1.82) is 0 Å². The summed E-state index contributed by atoms with van der Waals surface area (Å²) >= 11 is 3.19. The monoisotopic (exact) mass is 532 g/mol. The van der Waals surface area contributed by atoms with E-state index < -0.39 is 0 Å². The van der Waals surface area contributed by atoms with Gasteiger partial charge in [-0.2, -0.15) is 0 Å². The van der Waals surface area contributed by atoms with E-state index in [0.717, 1.165) is 34.5 Å². The van der Waals surface area contributed by atoms with E-state index in [1.807, 2.05) is 46.4 Å². The molecule has 0 radical (unpaired) electrons. The van der Waals surface area contributed by atoms with Gasteiger partial charge in [0, 0.05) is 10.8 Å². The lowest BCUT2D eigenvalue weighted by Gasteiger charge is -2.06. The summed E-state index contributed by atoms with van der Waals surface area (Å²) in [6.45, 7) is 4.24. The van der Waals surface area contributed by atoms with Gasteiger partial charge in [-0.05, 0) is 107 Å². The highest BCUT2D eigenvalue weighted by Gasteiger charge is 2.10. The average Bonchev–Trinajstić information content (AvgIpc) is 3.49. The molecule has 37 heavy (non-hydrogen) atoms. The van der Waals surface area contributed by atoms with Crippen LogP contribution in [0, 0.1) is 13.8 Å². The zero-order chi connectivity index (χ0) is 26.0. The second kappa shape index (κ2) is 13.4. The van der Waals surface area contributed by atoms with E-state index in [-0.39, 0.29) is 0 Å². The fraction of sp³-hybridized carbons (Fsp3) is 0.379. The molecule has 2 aromatic carbocycles. The van der Waals surface area contributed by atoms with Crippen molar-refractivity contribution in [2.24, 2.45) is 34.6 Å². The van der Waals surface area contributed by atoms with Gasteiger partial charge in [-0.1, -0.05) is 43.5 Å². The fourth-order valence-electron chi connectivity index (χ4n) is 4.20. The first-order chi connectivity index (χ1) is 18.0. The van der Waals surface area contributed by atoms with Crippen molar-refractivity contribution in [3.05, 3.63) is 81.8 Å². The van der Waals surface area contributed by atoms with Gasteiger partial charge >= 0.3 is 10.3 Å². The number of unbranched alkanes of at least 4 members (excludes halogenated alkanes) is 4. The molecule has 0 unspecified atom stereocenters. The van der Waals surface area contributed by atoms with Gasteiger partial charge in [0.2, 0.25) is 0 Å². The average molecular weight is 533 g/mol. The third kappa shape index (κ3) is 7.94. The molecule has 0 aliphatic carbocycles. The molecule has 2 heterocycles. The Kier molecular flexibility index (Phi) is 9.79. The quantitative estimate of drug-likeness (QED) is 0.0996. The normalized spacial score (nSPS) is 11.8. The van der Waals surface area contributed by atoms with E-state index in [1.165, 1.54) is 54.4 Å². The lowest BCUT2D eigenvalue weighted by Crippen LogP contribution is -2.23. The molecule has 8 heteroatoms. The molecule has 0 fully saturated rings. The maximum absolute atomic E-state index is 4.44. The van der Waals surface area contributed by atoms with Gasteiger partial charge < -0.3 is 0 Å². The first-order valence-electron chi connectivity index (χ1n) is 12.9. The van der Waals surface area contributed by atoms with Crippen LogP contribution in [0.15, 0.2) is 80.0 Å². The predicted molar refractivity (Wildman–Crippen MR) is 152 cm³/mol. The molecule has 0 saturated heterocycles. The van der Waals surface area contributed by atoms with Gasteiger partial charge in [-0.3, -0.25) is 0 Å². The minimum Gasteiger partial charge on any atom is -0.222 e. The SMILES string of the molecule is Cc1cc(CCCCCCCc2ccc(N=Nc3scc[n+]3C)c(C)c2)ccc1N=Nc1scc[n+]1C. The molecule has 6 nitrogen and oxygen atoms in total. The summed E-state index contributed by atoms with van der Waals surface area (Å²) in [7, 11) is 3.97. The van der Waals surface area contributed by atoms with Crippen molar-refractivity contribution in [1.82, 2.24) is 0 Å². The maximum atomic E-state index is 4.44.